The van der Waals surface area contributed by atoms with Crippen molar-refractivity contribution in [2.75, 3.05) is 24.5 Å². The molecule has 1 amide bonds. The summed E-state index contributed by atoms with van der Waals surface area (Å²) in [6.07, 6.45) is 3.33. The summed E-state index contributed by atoms with van der Waals surface area (Å²) in [5, 5.41) is 2.93. The Morgan fingerprint density at radius 3 is 2.70 bits per heavy atom. The number of anilines is 1. The van der Waals surface area contributed by atoms with Gasteiger partial charge in [0.05, 0.1) is 0 Å². The number of amides is 1. The monoisotopic (exact) mass is 276 g/mol. The van der Waals surface area contributed by atoms with Crippen molar-refractivity contribution in [1.82, 2.24) is 15.3 Å². The minimum atomic E-state index is -0.100. The SMILES string of the molecule is Cc1cc(C(=O)NCCC(C)C)nc(N2CCCC2)n1. The average molecular weight is 276 g/mol. The van der Waals surface area contributed by atoms with E-state index in [4.69, 9.17) is 0 Å². The minimum Gasteiger partial charge on any atom is -0.351 e. The Balaban J connectivity index is 2.05. The smallest absolute Gasteiger partial charge is 0.270 e. The molecule has 1 aliphatic rings. The second kappa shape index (κ2) is 6.68. The highest BCUT2D eigenvalue weighted by molar-refractivity contribution is 5.92. The van der Waals surface area contributed by atoms with Gasteiger partial charge in [-0.05, 0) is 38.2 Å². The van der Waals surface area contributed by atoms with Gasteiger partial charge in [0.25, 0.3) is 5.91 Å². The van der Waals surface area contributed by atoms with E-state index in [1.54, 1.807) is 6.07 Å². The van der Waals surface area contributed by atoms with Crippen molar-refractivity contribution in [3.8, 4) is 0 Å². The maximum atomic E-state index is 12.1. The largest absolute Gasteiger partial charge is 0.351 e. The Morgan fingerprint density at radius 2 is 2.05 bits per heavy atom. The van der Waals surface area contributed by atoms with E-state index in [1.807, 2.05) is 6.92 Å². The Labute approximate surface area is 120 Å². The zero-order valence-corrected chi connectivity index (χ0v) is 12.6. The van der Waals surface area contributed by atoms with E-state index >= 15 is 0 Å². The van der Waals surface area contributed by atoms with Gasteiger partial charge in [-0.3, -0.25) is 4.79 Å². The van der Waals surface area contributed by atoms with Crippen molar-refractivity contribution >= 4 is 11.9 Å². The van der Waals surface area contributed by atoms with Crippen LogP contribution in [0.15, 0.2) is 6.07 Å². The van der Waals surface area contributed by atoms with E-state index in [2.05, 4.69) is 34.0 Å². The van der Waals surface area contributed by atoms with Crippen molar-refractivity contribution in [1.29, 1.82) is 0 Å². The third-order valence-corrected chi connectivity index (χ3v) is 3.47. The molecule has 2 rings (SSSR count). The Hall–Kier alpha value is -1.65. The highest BCUT2D eigenvalue weighted by Gasteiger charge is 2.17. The predicted molar refractivity (Wildman–Crippen MR) is 80.0 cm³/mol. The van der Waals surface area contributed by atoms with E-state index < -0.39 is 0 Å². The highest BCUT2D eigenvalue weighted by Crippen LogP contribution is 2.16. The van der Waals surface area contributed by atoms with E-state index in [0.29, 0.717) is 24.1 Å². The van der Waals surface area contributed by atoms with Crippen molar-refractivity contribution in [3.05, 3.63) is 17.5 Å². The molecule has 0 aliphatic carbocycles. The molecule has 1 saturated heterocycles. The first kappa shape index (κ1) is 14.8. The molecule has 110 valence electrons. The van der Waals surface area contributed by atoms with Gasteiger partial charge >= 0.3 is 0 Å². The number of nitrogens with one attached hydrogen (secondary N) is 1. The molecule has 0 aromatic carbocycles. The van der Waals surface area contributed by atoms with Gasteiger partial charge in [0.1, 0.15) is 5.69 Å². The number of hydrogen-bond acceptors (Lipinski definition) is 4. The molecule has 0 bridgehead atoms. The average Bonchev–Trinajstić information content (AvgIpc) is 2.91. The Kier molecular flexibility index (Phi) is 4.93. The van der Waals surface area contributed by atoms with Gasteiger partial charge in [-0.25, -0.2) is 9.97 Å². The first-order valence-corrected chi connectivity index (χ1v) is 7.45. The fourth-order valence-electron chi connectivity index (χ4n) is 2.29. The molecule has 1 N–H and O–H groups in total. The Morgan fingerprint density at radius 1 is 1.35 bits per heavy atom. The summed E-state index contributed by atoms with van der Waals surface area (Å²) >= 11 is 0. The number of rotatable bonds is 5. The van der Waals surface area contributed by atoms with E-state index in [9.17, 15) is 4.79 Å². The molecule has 20 heavy (non-hydrogen) atoms. The quantitative estimate of drug-likeness (QED) is 0.895. The van der Waals surface area contributed by atoms with Gasteiger partial charge in [-0.2, -0.15) is 0 Å². The van der Waals surface area contributed by atoms with Gasteiger partial charge < -0.3 is 10.2 Å². The topological polar surface area (TPSA) is 58.1 Å². The van der Waals surface area contributed by atoms with Crippen LogP contribution in [0.3, 0.4) is 0 Å². The van der Waals surface area contributed by atoms with E-state index in [0.717, 1.165) is 25.2 Å². The second-order valence-electron chi connectivity index (χ2n) is 5.83. The van der Waals surface area contributed by atoms with Gasteiger partial charge in [0, 0.05) is 25.3 Å². The molecule has 0 atom stereocenters. The predicted octanol–water partition coefficient (Wildman–Crippen LogP) is 2.16. The summed E-state index contributed by atoms with van der Waals surface area (Å²) < 4.78 is 0. The molecular weight excluding hydrogens is 252 g/mol. The minimum absolute atomic E-state index is 0.100. The summed E-state index contributed by atoms with van der Waals surface area (Å²) in [4.78, 5) is 23.1. The molecule has 1 aromatic heterocycles. The number of aromatic nitrogens is 2. The maximum absolute atomic E-state index is 12.1. The molecule has 2 heterocycles. The molecule has 0 spiro atoms. The van der Waals surface area contributed by atoms with E-state index in [1.165, 1.54) is 12.8 Å². The first-order chi connectivity index (χ1) is 9.56. The first-order valence-electron chi connectivity index (χ1n) is 7.45. The molecule has 5 nitrogen and oxygen atoms in total. The lowest BCUT2D eigenvalue weighted by molar-refractivity contribution is 0.0947. The summed E-state index contributed by atoms with van der Waals surface area (Å²) in [5.41, 5.74) is 1.32. The van der Waals surface area contributed by atoms with Gasteiger partial charge in [0.15, 0.2) is 0 Å². The molecule has 1 fully saturated rings. The van der Waals surface area contributed by atoms with Crippen molar-refractivity contribution in [2.45, 2.75) is 40.0 Å². The fraction of sp³-hybridized carbons (Fsp3) is 0.667. The number of carbonyl (C=O) groups is 1. The van der Waals surface area contributed by atoms with Crippen molar-refractivity contribution in [2.24, 2.45) is 5.92 Å². The van der Waals surface area contributed by atoms with Crippen LogP contribution >= 0.6 is 0 Å². The number of nitrogens with zero attached hydrogens (tertiary/aromatic N) is 3. The molecule has 0 radical (unpaired) electrons. The lowest BCUT2D eigenvalue weighted by atomic mass is 10.1. The lowest BCUT2D eigenvalue weighted by Crippen LogP contribution is -2.28. The van der Waals surface area contributed by atoms with Crippen LogP contribution in [0.2, 0.25) is 0 Å². The zero-order valence-electron chi connectivity index (χ0n) is 12.6. The molecule has 1 aliphatic heterocycles. The zero-order chi connectivity index (χ0) is 14.5. The van der Waals surface area contributed by atoms with Crippen molar-refractivity contribution < 1.29 is 4.79 Å². The molecule has 0 saturated carbocycles. The number of carbonyl (C=O) groups excluding carboxylic acids is 1. The maximum Gasteiger partial charge on any atom is 0.270 e. The van der Waals surface area contributed by atoms with Crippen LogP contribution in [0.25, 0.3) is 0 Å². The second-order valence-corrected chi connectivity index (χ2v) is 5.83. The third-order valence-electron chi connectivity index (χ3n) is 3.47. The third kappa shape index (κ3) is 3.92. The van der Waals surface area contributed by atoms with Gasteiger partial charge in [0.2, 0.25) is 5.95 Å². The number of hydrogen-bond donors (Lipinski definition) is 1. The van der Waals surface area contributed by atoms with Gasteiger partial charge in [-0.15, -0.1) is 0 Å². The van der Waals surface area contributed by atoms with Crippen LogP contribution in [0.4, 0.5) is 5.95 Å². The molecular formula is C15H24N4O. The molecule has 1 aromatic rings. The molecule has 0 unspecified atom stereocenters. The van der Waals surface area contributed by atoms with Crippen LogP contribution in [-0.2, 0) is 0 Å². The lowest BCUT2D eigenvalue weighted by Gasteiger charge is -2.16. The fourth-order valence-corrected chi connectivity index (χ4v) is 2.29. The summed E-state index contributed by atoms with van der Waals surface area (Å²) in [6, 6.07) is 1.75. The van der Waals surface area contributed by atoms with Crippen LogP contribution in [0.5, 0.6) is 0 Å². The van der Waals surface area contributed by atoms with Gasteiger partial charge in [-0.1, -0.05) is 13.8 Å². The van der Waals surface area contributed by atoms with Crippen LogP contribution in [-0.4, -0.2) is 35.5 Å². The van der Waals surface area contributed by atoms with Crippen molar-refractivity contribution in [3.63, 3.8) is 0 Å². The summed E-state index contributed by atoms with van der Waals surface area (Å²) in [7, 11) is 0. The number of aryl methyl sites for hydroxylation is 1. The van der Waals surface area contributed by atoms with Crippen LogP contribution < -0.4 is 10.2 Å². The summed E-state index contributed by atoms with van der Waals surface area (Å²) in [6.45, 7) is 8.86. The van der Waals surface area contributed by atoms with Crippen LogP contribution in [0.1, 0.15) is 49.3 Å². The Bertz CT molecular complexity index is 467. The molecule has 5 heteroatoms. The summed E-state index contributed by atoms with van der Waals surface area (Å²) in [5.74, 6) is 1.18. The van der Waals surface area contributed by atoms with E-state index in [-0.39, 0.29) is 5.91 Å². The standard InChI is InChI=1S/C15H24N4O/c1-11(2)6-7-16-14(20)13-10-12(3)17-15(18-13)19-8-4-5-9-19/h10-11H,4-9H2,1-3H3,(H,16,20). The highest BCUT2D eigenvalue weighted by atomic mass is 16.1. The van der Waals surface area contributed by atoms with Crippen LogP contribution in [0, 0.1) is 12.8 Å². The normalized spacial score (nSPS) is 14.9.